The van der Waals surface area contributed by atoms with Gasteiger partial charge in [0.1, 0.15) is 11.6 Å². The summed E-state index contributed by atoms with van der Waals surface area (Å²) in [4.78, 5) is 27.9. The van der Waals surface area contributed by atoms with E-state index in [-0.39, 0.29) is 18.9 Å². The van der Waals surface area contributed by atoms with Crippen LogP contribution in [0.25, 0.3) is 21.3 Å². The number of benzene rings is 3. The average molecular weight is 475 g/mol. The number of carboxylic acids is 1. The quantitative estimate of drug-likeness (QED) is 0.278. The molecule has 6 nitrogen and oxygen atoms in total. The summed E-state index contributed by atoms with van der Waals surface area (Å²) in [5, 5.41) is 12.4. The van der Waals surface area contributed by atoms with Gasteiger partial charge in [0.2, 0.25) is 5.91 Å². The summed E-state index contributed by atoms with van der Waals surface area (Å²) in [6, 6.07) is 24.1. The van der Waals surface area contributed by atoms with Gasteiger partial charge in [0.25, 0.3) is 0 Å². The van der Waals surface area contributed by atoms with Crippen molar-refractivity contribution in [3.05, 3.63) is 83.4 Å². The molecule has 0 saturated carbocycles. The molecule has 2 N–H and O–H groups in total. The average Bonchev–Trinajstić information content (AvgIpc) is 3.24. The number of anilines is 1. The van der Waals surface area contributed by atoms with Gasteiger partial charge < -0.3 is 15.2 Å². The molecule has 0 aliphatic heterocycles. The van der Waals surface area contributed by atoms with Crippen molar-refractivity contribution in [1.29, 1.82) is 0 Å². The number of ether oxygens (including phenoxy) is 1. The molecule has 0 aliphatic rings. The minimum atomic E-state index is -0.960. The predicted octanol–water partition coefficient (Wildman–Crippen LogP) is 5.57. The fourth-order valence-electron chi connectivity index (χ4n) is 3.73. The first-order valence-electron chi connectivity index (χ1n) is 11.2. The number of amides is 1. The van der Waals surface area contributed by atoms with Crippen LogP contribution in [0, 0.1) is 0 Å². The van der Waals surface area contributed by atoms with E-state index in [1.807, 2.05) is 42.5 Å². The Morgan fingerprint density at radius 2 is 1.74 bits per heavy atom. The molecular formula is C27H26N2O4S. The number of nitrogens with one attached hydrogen (secondary N) is 1. The van der Waals surface area contributed by atoms with E-state index in [2.05, 4.69) is 35.6 Å². The lowest BCUT2D eigenvalue weighted by atomic mass is 10.1. The van der Waals surface area contributed by atoms with Crippen LogP contribution >= 0.6 is 11.3 Å². The van der Waals surface area contributed by atoms with Crippen LogP contribution in [0.3, 0.4) is 0 Å². The first-order valence-corrected chi connectivity index (χ1v) is 12.0. The summed E-state index contributed by atoms with van der Waals surface area (Å²) < 4.78 is 6.14. The Morgan fingerprint density at radius 1 is 0.941 bits per heavy atom. The van der Waals surface area contributed by atoms with Gasteiger partial charge in [-0.3, -0.25) is 4.79 Å². The molecular weight excluding hydrogens is 448 g/mol. The maximum Gasteiger partial charge on any atom is 0.329 e. The molecule has 0 bridgehead atoms. The fraction of sp³-hybridized carbons (Fsp3) is 0.222. The number of hydrogen-bond donors (Lipinski definition) is 2. The number of carbonyl (C=O) groups is 2. The highest BCUT2D eigenvalue weighted by atomic mass is 32.1. The van der Waals surface area contributed by atoms with E-state index in [9.17, 15) is 9.59 Å². The Kier molecular flexibility index (Phi) is 8.01. The van der Waals surface area contributed by atoms with Crippen molar-refractivity contribution in [3.63, 3.8) is 0 Å². The molecule has 1 aromatic heterocycles. The lowest BCUT2D eigenvalue weighted by molar-refractivity contribution is -0.142. The number of hydrogen-bond acceptors (Lipinski definition) is 5. The molecule has 3 aromatic carbocycles. The Labute approximate surface area is 202 Å². The summed E-state index contributed by atoms with van der Waals surface area (Å²) in [6.07, 6.45) is 2.59. The molecule has 174 valence electrons. The van der Waals surface area contributed by atoms with Gasteiger partial charge in [0.05, 0.1) is 16.6 Å². The highest BCUT2D eigenvalue weighted by molar-refractivity contribution is 7.18. The minimum absolute atomic E-state index is 0.0976. The monoisotopic (exact) mass is 474 g/mol. The van der Waals surface area contributed by atoms with Crippen molar-refractivity contribution in [2.24, 2.45) is 0 Å². The number of rotatable bonds is 11. The van der Waals surface area contributed by atoms with Crippen molar-refractivity contribution in [2.75, 3.05) is 18.5 Å². The van der Waals surface area contributed by atoms with Gasteiger partial charge in [-0.25, -0.2) is 9.78 Å². The Morgan fingerprint density at radius 3 is 2.56 bits per heavy atom. The van der Waals surface area contributed by atoms with Gasteiger partial charge in [-0.15, -0.1) is 11.3 Å². The zero-order valence-electron chi connectivity index (χ0n) is 18.7. The smallest absolute Gasteiger partial charge is 0.329 e. The molecule has 0 aliphatic carbocycles. The van der Waals surface area contributed by atoms with Crippen molar-refractivity contribution in [1.82, 2.24) is 4.98 Å². The van der Waals surface area contributed by atoms with Gasteiger partial charge in [0.15, 0.2) is 0 Å². The maximum atomic E-state index is 12.8. The van der Waals surface area contributed by atoms with Gasteiger partial charge in [-0.1, -0.05) is 54.6 Å². The zero-order valence-corrected chi connectivity index (χ0v) is 19.5. The number of fused-ring (bicyclic) bond motifs is 1. The third-order valence-electron chi connectivity index (χ3n) is 5.35. The van der Waals surface area contributed by atoms with Crippen LogP contribution in [-0.4, -0.2) is 35.2 Å². The van der Waals surface area contributed by atoms with Gasteiger partial charge in [0, 0.05) is 12.3 Å². The van der Waals surface area contributed by atoms with Gasteiger partial charge in [-0.05, 0) is 54.2 Å². The van der Waals surface area contributed by atoms with Crippen LogP contribution in [-0.2, 0) is 27.2 Å². The van der Waals surface area contributed by atoms with E-state index in [0.717, 1.165) is 56.9 Å². The molecule has 34 heavy (non-hydrogen) atoms. The number of thiazole rings is 1. The van der Waals surface area contributed by atoms with E-state index in [4.69, 9.17) is 14.8 Å². The summed E-state index contributed by atoms with van der Waals surface area (Å²) >= 11 is 1.54. The van der Waals surface area contributed by atoms with Crippen LogP contribution in [0.4, 0.5) is 5.69 Å². The molecule has 4 aromatic rings. The zero-order chi connectivity index (χ0) is 23.8. The molecule has 0 saturated heterocycles. The topological polar surface area (TPSA) is 88.5 Å². The lowest BCUT2D eigenvalue weighted by Crippen LogP contribution is -2.15. The number of aromatic nitrogens is 1. The Hall–Kier alpha value is -3.55. The maximum absolute atomic E-state index is 12.8. The SMILES string of the molecule is O=C(O)COCCCCc1ccccc1NC(=O)Cc1nc2cc(-c3ccccc3)ccc2s1. The second-order valence-electron chi connectivity index (χ2n) is 7.94. The molecule has 0 spiro atoms. The number of carboxylic acid groups (broad SMARTS) is 1. The summed E-state index contributed by atoms with van der Waals surface area (Å²) in [5.41, 5.74) is 5.00. The number of unbranched alkanes of at least 4 members (excludes halogenated alkanes) is 1. The van der Waals surface area contributed by atoms with E-state index in [1.54, 1.807) is 11.3 Å². The highest BCUT2D eigenvalue weighted by Gasteiger charge is 2.12. The summed E-state index contributed by atoms with van der Waals surface area (Å²) in [5.74, 6) is -1.06. The number of nitrogens with zero attached hydrogens (tertiary/aromatic N) is 1. The third-order valence-corrected chi connectivity index (χ3v) is 6.39. The minimum Gasteiger partial charge on any atom is -0.480 e. The van der Waals surface area contributed by atoms with Crippen molar-refractivity contribution >= 4 is 39.1 Å². The number of aliphatic carboxylic acids is 1. The molecule has 0 unspecified atom stereocenters. The van der Waals surface area contributed by atoms with Crippen molar-refractivity contribution in [2.45, 2.75) is 25.7 Å². The standard InChI is InChI=1S/C27H26N2O4S/c30-25(28-22-12-5-4-10-20(22)11-6-7-15-33-18-27(31)32)17-26-29-23-16-21(13-14-24(23)34-26)19-8-2-1-3-9-19/h1-5,8-10,12-14,16H,6-7,11,15,17-18H2,(H,28,30)(H,31,32). The molecule has 0 atom stereocenters. The fourth-order valence-corrected chi connectivity index (χ4v) is 4.68. The second-order valence-corrected chi connectivity index (χ2v) is 9.06. The lowest BCUT2D eigenvalue weighted by Gasteiger charge is -2.10. The number of aryl methyl sites for hydroxylation is 1. The van der Waals surface area contributed by atoms with Gasteiger partial charge in [-0.2, -0.15) is 0 Å². The second kappa shape index (κ2) is 11.5. The Bertz CT molecular complexity index is 1270. The molecule has 4 rings (SSSR count). The van der Waals surface area contributed by atoms with Crippen LogP contribution in [0.15, 0.2) is 72.8 Å². The van der Waals surface area contributed by atoms with Crippen LogP contribution in [0.5, 0.6) is 0 Å². The van der Waals surface area contributed by atoms with Crippen LogP contribution < -0.4 is 5.32 Å². The third kappa shape index (κ3) is 6.50. The first kappa shape index (κ1) is 23.6. The molecule has 0 radical (unpaired) electrons. The van der Waals surface area contributed by atoms with E-state index in [1.165, 1.54) is 0 Å². The molecule has 7 heteroatoms. The van der Waals surface area contributed by atoms with E-state index in [0.29, 0.717) is 6.61 Å². The normalized spacial score (nSPS) is 10.9. The van der Waals surface area contributed by atoms with Crippen LogP contribution in [0.1, 0.15) is 23.4 Å². The molecule has 1 amide bonds. The summed E-state index contributed by atoms with van der Waals surface area (Å²) in [7, 11) is 0. The largest absolute Gasteiger partial charge is 0.480 e. The van der Waals surface area contributed by atoms with Crippen LogP contribution in [0.2, 0.25) is 0 Å². The predicted molar refractivity (Wildman–Crippen MR) is 135 cm³/mol. The Balaban J connectivity index is 1.35. The first-order chi connectivity index (χ1) is 16.6. The summed E-state index contributed by atoms with van der Waals surface area (Å²) in [6.45, 7) is 0.135. The van der Waals surface area contributed by atoms with E-state index < -0.39 is 5.97 Å². The highest BCUT2D eigenvalue weighted by Crippen LogP contribution is 2.28. The van der Waals surface area contributed by atoms with Gasteiger partial charge >= 0.3 is 5.97 Å². The van der Waals surface area contributed by atoms with Crippen molar-refractivity contribution in [3.8, 4) is 11.1 Å². The number of carbonyl (C=O) groups excluding carboxylic acids is 1. The van der Waals surface area contributed by atoms with E-state index >= 15 is 0 Å². The van der Waals surface area contributed by atoms with Crippen molar-refractivity contribution < 1.29 is 19.4 Å². The number of para-hydroxylation sites is 1. The molecule has 0 fully saturated rings. The molecule has 1 heterocycles.